The minimum absolute atomic E-state index is 0.0734. The molecule has 0 aromatic heterocycles. The van der Waals surface area contributed by atoms with Crippen LogP contribution in [0.2, 0.25) is 0 Å². The van der Waals surface area contributed by atoms with Gasteiger partial charge >= 0.3 is 0 Å². The average Bonchev–Trinajstić information content (AvgIpc) is 2.78. The Bertz CT molecular complexity index is 884. The van der Waals surface area contributed by atoms with Crippen LogP contribution in [-0.4, -0.2) is 38.7 Å². The lowest BCUT2D eigenvalue weighted by Gasteiger charge is -2.29. The fourth-order valence-corrected chi connectivity index (χ4v) is 3.18. The monoisotopic (exact) mass is 412 g/mol. The van der Waals surface area contributed by atoms with Gasteiger partial charge in [0.2, 0.25) is 11.8 Å². The molecule has 1 aliphatic heterocycles. The molecule has 0 spiro atoms. The van der Waals surface area contributed by atoms with E-state index in [0.29, 0.717) is 42.7 Å². The van der Waals surface area contributed by atoms with Crippen LogP contribution in [0.25, 0.3) is 0 Å². The zero-order valence-electron chi connectivity index (χ0n) is 17.5. The van der Waals surface area contributed by atoms with Crippen LogP contribution in [-0.2, 0) is 9.59 Å². The van der Waals surface area contributed by atoms with Gasteiger partial charge in [-0.05, 0) is 30.7 Å². The number of benzene rings is 2. The molecule has 2 aromatic carbocycles. The first kappa shape index (κ1) is 21.5. The van der Waals surface area contributed by atoms with Crippen LogP contribution in [0.4, 0.5) is 11.4 Å². The van der Waals surface area contributed by atoms with Crippen molar-refractivity contribution in [3.05, 3.63) is 42.5 Å². The number of unbranched alkanes of at least 4 members (excludes halogenated alkanes) is 1. The summed E-state index contributed by atoms with van der Waals surface area (Å²) in [4.78, 5) is 26.9. The third-order valence-corrected chi connectivity index (χ3v) is 4.81. The van der Waals surface area contributed by atoms with Crippen molar-refractivity contribution in [3.8, 4) is 17.2 Å². The van der Waals surface area contributed by atoms with Gasteiger partial charge in [0.25, 0.3) is 0 Å². The zero-order chi connectivity index (χ0) is 21.3. The largest absolute Gasteiger partial charge is 0.497 e. The van der Waals surface area contributed by atoms with E-state index in [2.05, 4.69) is 12.2 Å². The van der Waals surface area contributed by atoms with Crippen molar-refractivity contribution in [2.45, 2.75) is 32.6 Å². The van der Waals surface area contributed by atoms with Crippen molar-refractivity contribution in [1.29, 1.82) is 0 Å². The molecule has 0 aliphatic carbocycles. The summed E-state index contributed by atoms with van der Waals surface area (Å²) in [7, 11) is 1.57. The highest BCUT2D eigenvalue weighted by atomic mass is 16.5. The number of nitrogens with zero attached hydrogens (tertiary/aromatic N) is 1. The van der Waals surface area contributed by atoms with Crippen LogP contribution >= 0.6 is 0 Å². The molecule has 0 unspecified atom stereocenters. The van der Waals surface area contributed by atoms with E-state index in [1.165, 1.54) is 0 Å². The molecule has 0 saturated carbocycles. The van der Waals surface area contributed by atoms with Crippen LogP contribution in [0, 0.1) is 0 Å². The number of methoxy groups -OCH3 is 1. The van der Waals surface area contributed by atoms with E-state index in [4.69, 9.17) is 14.2 Å². The summed E-state index contributed by atoms with van der Waals surface area (Å²) in [5.74, 6) is 1.54. The molecular weight excluding hydrogens is 384 g/mol. The molecule has 2 aromatic rings. The van der Waals surface area contributed by atoms with Gasteiger partial charge in [0.1, 0.15) is 23.9 Å². The van der Waals surface area contributed by atoms with Crippen molar-refractivity contribution in [2.75, 3.05) is 37.1 Å². The molecule has 1 heterocycles. The van der Waals surface area contributed by atoms with Gasteiger partial charge in [0, 0.05) is 18.9 Å². The predicted octanol–water partition coefficient (Wildman–Crippen LogP) is 4.02. The topological polar surface area (TPSA) is 77.1 Å². The molecular formula is C23H28N2O5. The Labute approximate surface area is 176 Å². The number of nitrogens with one attached hydrogen (secondary N) is 1. The standard InChI is InChI=1S/C23H28N2O5/c1-3-4-14-29-20-10-9-17(28-2)16-18(20)24-22(26)11-12-23(27)25-13-15-30-21-8-6-5-7-19(21)25/h5-10,16H,3-4,11-15H2,1-2H3,(H,24,26). The summed E-state index contributed by atoms with van der Waals surface area (Å²) >= 11 is 0. The fraction of sp³-hybridized carbons (Fsp3) is 0.391. The molecule has 0 fully saturated rings. The molecule has 1 N–H and O–H groups in total. The first-order valence-corrected chi connectivity index (χ1v) is 10.2. The Morgan fingerprint density at radius 1 is 1.17 bits per heavy atom. The Morgan fingerprint density at radius 3 is 2.80 bits per heavy atom. The molecule has 2 amide bonds. The summed E-state index contributed by atoms with van der Waals surface area (Å²) < 4.78 is 16.6. The third kappa shape index (κ3) is 5.43. The zero-order valence-corrected chi connectivity index (χ0v) is 17.5. The van der Waals surface area contributed by atoms with Crippen LogP contribution in [0.1, 0.15) is 32.6 Å². The molecule has 0 atom stereocenters. The Morgan fingerprint density at radius 2 is 2.00 bits per heavy atom. The highest BCUT2D eigenvalue weighted by Crippen LogP contribution is 2.32. The molecule has 0 radical (unpaired) electrons. The number of rotatable bonds is 9. The highest BCUT2D eigenvalue weighted by molar-refractivity contribution is 5.99. The smallest absolute Gasteiger partial charge is 0.227 e. The van der Waals surface area contributed by atoms with Crippen LogP contribution in [0.5, 0.6) is 17.2 Å². The first-order chi connectivity index (χ1) is 14.6. The number of amides is 2. The summed E-state index contributed by atoms with van der Waals surface area (Å²) in [6, 6.07) is 12.7. The van der Waals surface area contributed by atoms with Gasteiger partial charge in [-0.25, -0.2) is 0 Å². The number of hydrogen-bond acceptors (Lipinski definition) is 5. The lowest BCUT2D eigenvalue weighted by atomic mass is 10.2. The van der Waals surface area contributed by atoms with E-state index < -0.39 is 0 Å². The van der Waals surface area contributed by atoms with E-state index in [0.717, 1.165) is 18.5 Å². The number of ether oxygens (including phenoxy) is 3. The van der Waals surface area contributed by atoms with Gasteiger partial charge in [-0.1, -0.05) is 25.5 Å². The van der Waals surface area contributed by atoms with Gasteiger partial charge < -0.3 is 24.4 Å². The fourth-order valence-electron chi connectivity index (χ4n) is 3.18. The number of para-hydroxylation sites is 2. The normalized spacial score (nSPS) is 12.5. The summed E-state index contributed by atoms with van der Waals surface area (Å²) in [6.07, 6.45) is 2.12. The maximum absolute atomic E-state index is 12.7. The molecule has 160 valence electrons. The van der Waals surface area contributed by atoms with E-state index in [1.54, 1.807) is 30.2 Å². The lowest BCUT2D eigenvalue weighted by molar-refractivity contribution is -0.122. The van der Waals surface area contributed by atoms with Crippen molar-refractivity contribution < 1.29 is 23.8 Å². The van der Waals surface area contributed by atoms with E-state index >= 15 is 0 Å². The Kier molecular flexibility index (Phi) is 7.54. The van der Waals surface area contributed by atoms with Crippen LogP contribution in [0.3, 0.4) is 0 Å². The van der Waals surface area contributed by atoms with E-state index in [-0.39, 0.29) is 24.7 Å². The average molecular weight is 412 g/mol. The maximum atomic E-state index is 12.7. The molecule has 1 aliphatic rings. The van der Waals surface area contributed by atoms with E-state index in [9.17, 15) is 9.59 Å². The number of carbonyl (C=O) groups is 2. The van der Waals surface area contributed by atoms with E-state index in [1.807, 2.05) is 24.3 Å². The van der Waals surface area contributed by atoms with Gasteiger partial charge in [0.05, 0.1) is 31.6 Å². The lowest BCUT2D eigenvalue weighted by Crippen LogP contribution is -2.38. The molecule has 30 heavy (non-hydrogen) atoms. The second-order valence-corrected chi connectivity index (χ2v) is 6.97. The molecule has 3 rings (SSSR count). The second kappa shape index (κ2) is 10.5. The minimum atomic E-state index is -0.251. The van der Waals surface area contributed by atoms with Crippen LogP contribution in [0.15, 0.2) is 42.5 Å². The minimum Gasteiger partial charge on any atom is -0.497 e. The van der Waals surface area contributed by atoms with Gasteiger partial charge in [0.15, 0.2) is 0 Å². The van der Waals surface area contributed by atoms with Gasteiger partial charge in [-0.15, -0.1) is 0 Å². The van der Waals surface area contributed by atoms with Gasteiger partial charge in [-0.2, -0.15) is 0 Å². The summed E-state index contributed by atoms with van der Waals surface area (Å²) in [5.41, 5.74) is 1.29. The number of anilines is 2. The quantitative estimate of drug-likeness (QED) is 0.630. The first-order valence-electron chi connectivity index (χ1n) is 10.2. The van der Waals surface area contributed by atoms with Crippen molar-refractivity contribution >= 4 is 23.2 Å². The Balaban J connectivity index is 1.60. The number of carbonyl (C=O) groups excluding carboxylic acids is 2. The molecule has 7 nitrogen and oxygen atoms in total. The maximum Gasteiger partial charge on any atom is 0.227 e. The third-order valence-electron chi connectivity index (χ3n) is 4.81. The Hall–Kier alpha value is -3.22. The summed E-state index contributed by atoms with van der Waals surface area (Å²) in [6.45, 7) is 3.57. The number of fused-ring (bicyclic) bond motifs is 1. The SMILES string of the molecule is CCCCOc1ccc(OC)cc1NC(=O)CCC(=O)N1CCOc2ccccc21. The molecule has 0 bridgehead atoms. The van der Waals surface area contributed by atoms with Crippen molar-refractivity contribution in [1.82, 2.24) is 0 Å². The number of hydrogen-bond donors (Lipinski definition) is 1. The summed E-state index contributed by atoms with van der Waals surface area (Å²) in [5, 5.41) is 2.85. The van der Waals surface area contributed by atoms with Crippen LogP contribution < -0.4 is 24.4 Å². The predicted molar refractivity (Wildman–Crippen MR) is 116 cm³/mol. The second-order valence-electron chi connectivity index (χ2n) is 6.97. The molecule has 0 saturated heterocycles. The molecule has 7 heteroatoms. The highest BCUT2D eigenvalue weighted by Gasteiger charge is 2.23. The van der Waals surface area contributed by atoms with Crippen molar-refractivity contribution in [3.63, 3.8) is 0 Å². The van der Waals surface area contributed by atoms with Gasteiger partial charge in [-0.3, -0.25) is 9.59 Å². The van der Waals surface area contributed by atoms with Crippen molar-refractivity contribution in [2.24, 2.45) is 0 Å².